The van der Waals surface area contributed by atoms with Gasteiger partial charge >= 0.3 is 6.18 Å². The first kappa shape index (κ1) is 13.9. The molecule has 0 amide bonds. The molecule has 104 valence electrons. The molecule has 1 aromatic heterocycles. The average molecular weight is 272 g/mol. The number of nitrogens with zero attached hydrogens (tertiary/aromatic N) is 1. The van der Waals surface area contributed by atoms with Crippen LogP contribution in [0.4, 0.5) is 13.2 Å². The maximum Gasteiger partial charge on any atom is 0.411 e. The number of aromatic nitrogens is 1. The van der Waals surface area contributed by atoms with Crippen LogP contribution in [0.2, 0.25) is 0 Å². The number of alkyl halides is 3. The van der Waals surface area contributed by atoms with E-state index in [9.17, 15) is 13.2 Å². The monoisotopic (exact) mass is 272 g/mol. The Labute approximate surface area is 108 Å². The Hall–Kier alpha value is -1.53. The number of hydrogen-bond donors (Lipinski definition) is 1. The van der Waals surface area contributed by atoms with E-state index in [1.165, 1.54) is 0 Å². The van der Waals surface area contributed by atoms with Crippen molar-refractivity contribution in [1.82, 2.24) is 4.57 Å². The molecule has 0 bridgehead atoms. The fourth-order valence-electron chi connectivity index (χ4n) is 1.92. The number of nitrogens with two attached hydrogens (primary N) is 1. The van der Waals surface area contributed by atoms with Crippen LogP contribution in [0, 0.1) is 0 Å². The van der Waals surface area contributed by atoms with Gasteiger partial charge in [-0.05, 0) is 29.1 Å². The number of ether oxygens (including phenoxy) is 1. The lowest BCUT2D eigenvalue weighted by atomic mass is 10.1. The van der Waals surface area contributed by atoms with Gasteiger partial charge in [-0.1, -0.05) is 6.07 Å². The first-order valence-electron chi connectivity index (χ1n) is 5.92. The maximum atomic E-state index is 11.9. The lowest BCUT2D eigenvalue weighted by Gasteiger charge is -2.09. The predicted octanol–water partition coefficient (Wildman–Crippen LogP) is 2.68. The van der Waals surface area contributed by atoms with Crippen molar-refractivity contribution in [2.45, 2.75) is 19.3 Å². The molecule has 0 radical (unpaired) electrons. The summed E-state index contributed by atoms with van der Waals surface area (Å²) in [5.41, 5.74) is 7.55. The van der Waals surface area contributed by atoms with Crippen LogP contribution in [0.25, 0.3) is 10.9 Å². The second kappa shape index (κ2) is 5.63. The summed E-state index contributed by atoms with van der Waals surface area (Å²) in [4.78, 5) is 0. The molecule has 6 heteroatoms. The second-order valence-electron chi connectivity index (χ2n) is 4.27. The van der Waals surface area contributed by atoms with Crippen molar-refractivity contribution in [3.63, 3.8) is 0 Å². The van der Waals surface area contributed by atoms with Crippen LogP contribution in [-0.4, -0.2) is 24.0 Å². The highest BCUT2D eigenvalue weighted by Gasteiger charge is 2.27. The van der Waals surface area contributed by atoms with Gasteiger partial charge < -0.3 is 15.0 Å². The first-order valence-corrected chi connectivity index (χ1v) is 5.92. The Morgan fingerprint density at radius 3 is 2.68 bits per heavy atom. The molecule has 0 spiro atoms. The normalized spacial score (nSPS) is 12.2. The van der Waals surface area contributed by atoms with E-state index in [0.717, 1.165) is 16.5 Å². The molecule has 0 atom stereocenters. The Balaban J connectivity index is 1.98. The summed E-state index contributed by atoms with van der Waals surface area (Å²) >= 11 is 0. The van der Waals surface area contributed by atoms with E-state index in [4.69, 9.17) is 5.73 Å². The van der Waals surface area contributed by atoms with Gasteiger partial charge in [0.25, 0.3) is 0 Å². The number of hydrogen-bond acceptors (Lipinski definition) is 2. The topological polar surface area (TPSA) is 40.2 Å². The van der Waals surface area contributed by atoms with Crippen molar-refractivity contribution >= 4 is 10.9 Å². The standard InChI is InChI=1S/C13H15F3N2O/c14-13(15,16)9-19-6-5-18-4-3-11-7-10(8-17)1-2-12(11)18/h1-4,7H,5-6,8-9,17H2. The van der Waals surface area contributed by atoms with E-state index < -0.39 is 12.8 Å². The van der Waals surface area contributed by atoms with Crippen LogP contribution < -0.4 is 5.73 Å². The first-order chi connectivity index (χ1) is 8.99. The molecule has 0 aliphatic heterocycles. The smallest absolute Gasteiger partial charge is 0.370 e. The Morgan fingerprint density at radius 2 is 2.00 bits per heavy atom. The molecule has 3 nitrogen and oxygen atoms in total. The molecular weight excluding hydrogens is 257 g/mol. The number of rotatable bonds is 5. The summed E-state index contributed by atoms with van der Waals surface area (Å²) in [7, 11) is 0. The van der Waals surface area contributed by atoms with Gasteiger partial charge in [0.2, 0.25) is 0 Å². The summed E-state index contributed by atoms with van der Waals surface area (Å²) in [5, 5.41) is 1.03. The van der Waals surface area contributed by atoms with Gasteiger partial charge in [-0.2, -0.15) is 13.2 Å². The number of halogens is 3. The Kier molecular flexibility index (Phi) is 4.11. The lowest BCUT2D eigenvalue weighted by Crippen LogP contribution is -2.18. The largest absolute Gasteiger partial charge is 0.411 e. The lowest BCUT2D eigenvalue weighted by molar-refractivity contribution is -0.174. The molecule has 1 heterocycles. The van der Waals surface area contributed by atoms with Crippen LogP contribution in [0.15, 0.2) is 30.5 Å². The van der Waals surface area contributed by atoms with Crippen molar-refractivity contribution < 1.29 is 17.9 Å². The van der Waals surface area contributed by atoms with Gasteiger partial charge in [-0.3, -0.25) is 0 Å². The second-order valence-corrected chi connectivity index (χ2v) is 4.27. The SMILES string of the molecule is NCc1ccc2c(ccn2CCOCC(F)(F)F)c1. The third-order valence-electron chi connectivity index (χ3n) is 2.81. The molecule has 0 saturated carbocycles. The molecule has 19 heavy (non-hydrogen) atoms. The third-order valence-corrected chi connectivity index (χ3v) is 2.81. The van der Waals surface area contributed by atoms with Crippen molar-refractivity contribution in [2.75, 3.05) is 13.2 Å². The zero-order valence-electron chi connectivity index (χ0n) is 10.3. The highest BCUT2D eigenvalue weighted by atomic mass is 19.4. The Bertz CT molecular complexity index is 548. The van der Waals surface area contributed by atoms with E-state index in [-0.39, 0.29) is 6.61 Å². The number of fused-ring (bicyclic) bond motifs is 1. The fourth-order valence-corrected chi connectivity index (χ4v) is 1.92. The third kappa shape index (κ3) is 3.71. The molecule has 1 aromatic carbocycles. The predicted molar refractivity (Wildman–Crippen MR) is 66.7 cm³/mol. The zero-order chi connectivity index (χ0) is 13.9. The van der Waals surface area contributed by atoms with E-state index in [0.29, 0.717) is 13.1 Å². The summed E-state index contributed by atoms with van der Waals surface area (Å²) < 4.78 is 42.2. The number of benzene rings is 1. The van der Waals surface area contributed by atoms with Crippen LogP contribution >= 0.6 is 0 Å². The van der Waals surface area contributed by atoms with Gasteiger partial charge in [0.05, 0.1) is 6.61 Å². The molecular formula is C13H15F3N2O. The molecule has 2 N–H and O–H groups in total. The fraction of sp³-hybridized carbons (Fsp3) is 0.385. The van der Waals surface area contributed by atoms with E-state index in [1.54, 1.807) is 0 Å². The summed E-state index contributed by atoms with van der Waals surface area (Å²) in [5.74, 6) is 0. The van der Waals surface area contributed by atoms with E-state index in [2.05, 4.69) is 4.74 Å². The van der Waals surface area contributed by atoms with Gasteiger partial charge in [-0.25, -0.2) is 0 Å². The zero-order valence-corrected chi connectivity index (χ0v) is 10.3. The molecule has 0 fully saturated rings. The van der Waals surface area contributed by atoms with Crippen molar-refractivity contribution in [3.8, 4) is 0 Å². The van der Waals surface area contributed by atoms with E-state index in [1.807, 2.05) is 35.0 Å². The summed E-state index contributed by atoms with van der Waals surface area (Å²) in [6, 6.07) is 7.72. The van der Waals surface area contributed by atoms with Crippen molar-refractivity contribution in [1.29, 1.82) is 0 Å². The molecule has 2 aromatic rings. The minimum atomic E-state index is -4.27. The minimum Gasteiger partial charge on any atom is -0.370 e. The van der Waals surface area contributed by atoms with E-state index >= 15 is 0 Å². The minimum absolute atomic E-state index is 0.0297. The van der Waals surface area contributed by atoms with Gasteiger partial charge in [0.15, 0.2) is 0 Å². The van der Waals surface area contributed by atoms with Crippen LogP contribution in [-0.2, 0) is 17.8 Å². The van der Waals surface area contributed by atoms with Gasteiger partial charge in [-0.15, -0.1) is 0 Å². The molecule has 0 aliphatic carbocycles. The highest BCUT2D eigenvalue weighted by Crippen LogP contribution is 2.18. The van der Waals surface area contributed by atoms with Crippen LogP contribution in [0.3, 0.4) is 0 Å². The maximum absolute atomic E-state index is 11.9. The molecule has 0 saturated heterocycles. The summed E-state index contributed by atoms with van der Waals surface area (Å²) in [6.07, 6.45) is -2.43. The van der Waals surface area contributed by atoms with Crippen LogP contribution in [0.5, 0.6) is 0 Å². The van der Waals surface area contributed by atoms with Gasteiger partial charge in [0.1, 0.15) is 6.61 Å². The van der Waals surface area contributed by atoms with Gasteiger partial charge in [0, 0.05) is 24.8 Å². The van der Waals surface area contributed by atoms with Crippen LogP contribution in [0.1, 0.15) is 5.56 Å². The average Bonchev–Trinajstić information content (AvgIpc) is 2.75. The Morgan fingerprint density at radius 1 is 1.21 bits per heavy atom. The van der Waals surface area contributed by atoms with Crippen molar-refractivity contribution in [3.05, 3.63) is 36.0 Å². The highest BCUT2D eigenvalue weighted by molar-refractivity contribution is 5.80. The van der Waals surface area contributed by atoms with Crippen molar-refractivity contribution in [2.24, 2.45) is 5.73 Å². The molecule has 2 rings (SSSR count). The molecule has 0 aliphatic rings. The summed E-state index contributed by atoms with van der Waals surface area (Å²) in [6.45, 7) is -0.317. The quantitative estimate of drug-likeness (QED) is 0.850. The molecule has 0 unspecified atom stereocenters.